The molecule has 0 spiro atoms. The summed E-state index contributed by atoms with van der Waals surface area (Å²) in [4.78, 5) is 59.0. The molecule has 16 nitrogen and oxygen atoms in total. The van der Waals surface area contributed by atoms with E-state index in [1.165, 1.54) is 148 Å². The summed E-state index contributed by atoms with van der Waals surface area (Å²) < 4.78 is 61.4. The Balaban J connectivity index is 4.54. The number of hydrogen-bond acceptors (Lipinski definition) is 14. The number of carbonyl (C=O) groups excluding carboxylic acids is 3. The second kappa shape index (κ2) is 89.9. The van der Waals surface area contributed by atoms with Crippen LogP contribution in [0.1, 0.15) is 367 Å². The average Bonchev–Trinajstić information content (AvgIpc) is 0.904. The van der Waals surface area contributed by atoms with Crippen molar-refractivity contribution in [1.29, 1.82) is 0 Å². The monoisotopic (exact) mass is 1670 g/mol. The number of unbranched alkanes of at least 4 members (excludes halogenated alkanes) is 33. The van der Waals surface area contributed by atoms with Gasteiger partial charge in [0.05, 0.1) is 26.4 Å². The summed E-state index contributed by atoms with van der Waals surface area (Å²) in [6.07, 6.45) is 118. The lowest BCUT2D eigenvalue weighted by molar-refractivity contribution is -0.161. The minimum absolute atomic E-state index is 0.0601. The first-order valence-electron chi connectivity index (χ1n) is 46.1. The number of aliphatic hydroxyl groups excluding tert-OH is 2. The fraction of sp³-hybridized carbons (Fsp3) is 0.667. The molecule has 0 fully saturated rings. The number of phosphoric acid groups is 2. The first kappa shape index (κ1) is 112. The van der Waals surface area contributed by atoms with Gasteiger partial charge >= 0.3 is 33.6 Å². The number of allylic oxidation sites excluding steroid dienone is 30. The molecular weight excluding hydrogens is 1510 g/mol. The van der Waals surface area contributed by atoms with Gasteiger partial charge in [-0.15, -0.1) is 0 Å². The van der Waals surface area contributed by atoms with Crippen LogP contribution >= 0.6 is 15.6 Å². The molecule has 5 unspecified atom stereocenters. The molecule has 0 bridgehead atoms. The number of esters is 3. The lowest BCUT2D eigenvalue weighted by atomic mass is 10.0. The maximum Gasteiger partial charge on any atom is 0.472 e. The highest BCUT2D eigenvalue weighted by atomic mass is 31.2. The van der Waals surface area contributed by atoms with Crippen LogP contribution in [-0.2, 0) is 55.8 Å². The standard InChI is InChI=1S/C99H166O16P2/c1-4-7-10-13-16-19-22-25-28-31-34-36-38-40-42-43-44-45-46-47-48-49-51-53-54-56-59-61-64-67-70-73-76-79-82-85-97(102)109-88-94(100)89-111-116(105,106)112-90-95(101)91-113-117(107,108)114-93-96(115-99(104)87-84-81-78-75-72-69-66-63-58-33-30-27-24-21-18-15-12-9-6-3)92-110-98(103)86-83-80-77-74-71-68-65-62-60-57-55-52-50-41-39-37-35-32-29-26-23-20-17-14-11-8-5-2/h7,9-10,12,16-21,25-30,34-37,40-42,44-45,50,58,63,69,72,94-96,100-101H,4-6,8,11,13-15,22-24,31-33,38-39,43,46-49,51-57,59-62,64-68,70-71,73-93H2,1-3H3,(H,105,106)(H,107,108)/b10-7-,12-9-,19-16-,20-17-,21-18-,28-25-,29-26-,30-27-,36-34-,37-35-,42-40-,45-44-,50-41-,63-58-,72-69-. The first-order chi connectivity index (χ1) is 57.2. The van der Waals surface area contributed by atoms with Gasteiger partial charge in [-0.1, -0.05) is 370 Å². The number of ether oxygens (including phenoxy) is 3. The first-order valence-corrected chi connectivity index (χ1v) is 49.1. The van der Waals surface area contributed by atoms with E-state index in [2.05, 4.69) is 203 Å². The molecule has 0 saturated carbocycles. The summed E-state index contributed by atoms with van der Waals surface area (Å²) in [7, 11) is -9.82. The van der Waals surface area contributed by atoms with Crippen molar-refractivity contribution in [1.82, 2.24) is 0 Å². The SMILES string of the molecule is CC/C=C\C/C=C\C/C=C\C/C=C\C/C=C\C/C=C\CCCCCCCCCCCCCCCCCCC(=O)OCC(O)COP(=O)(O)OCC(O)COP(=O)(O)OCC(COC(=O)CCCCCCCCCCCCC/C=C\C/C=C\C/C=C\C/C=C\CCCCC)OC(=O)CCCCC/C=C\C/C=C\C/C=C\C/C=C\C/C=C\CC. The average molecular weight is 1670 g/mol. The van der Waals surface area contributed by atoms with E-state index in [4.69, 9.17) is 32.3 Å². The molecular formula is C99H166O16P2. The molecule has 0 heterocycles. The topological polar surface area (TPSA) is 231 Å². The second-order valence-corrected chi connectivity index (χ2v) is 33.2. The predicted octanol–water partition coefficient (Wildman–Crippen LogP) is 28.4. The Morgan fingerprint density at radius 1 is 0.248 bits per heavy atom. The lowest BCUT2D eigenvalue weighted by Crippen LogP contribution is -2.30. The largest absolute Gasteiger partial charge is 0.472 e. The lowest BCUT2D eigenvalue weighted by Gasteiger charge is -2.21. The van der Waals surface area contributed by atoms with Crippen molar-refractivity contribution in [3.63, 3.8) is 0 Å². The number of aliphatic hydroxyl groups is 2. The van der Waals surface area contributed by atoms with Crippen LogP contribution in [0.2, 0.25) is 0 Å². The molecule has 0 amide bonds. The number of hydrogen-bond donors (Lipinski definition) is 4. The van der Waals surface area contributed by atoms with E-state index >= 15 is 0 Å². The number of rotatable bonds is 86. The Morgan fingerprint density at radius 2 is 0.453 bits per heavy atom. The van der Waals surface area contributed by atoms with Gasteiger partial charge in [0, 0.05) is 19.3 Å². The minimum Gasteiger partial charge on any atom is -0.463 e. The minimum atomic E-state index is -4.95. The third kappa shape index (κ3) is 91.2. The van der Waals surface area contributed by atoms with Crippen molar-refractivity contribution in [2.45, 2.75) is 386 Å². The van der Waals surface area contributed by atoms with Gasteiger partial charge in [-0.25, -0.2) is 9.13 Å². The second-order valence-electron chi connectivity index (χ2n) is 30.3. The van der Waals surface area contributed by atoms with Crippen molar-refractivity contribution in [2.75, 3.05) is 39.6 Å². The van der Waals surface area contributed by atoms with Gasteiger partial charge in [-0.2, -0.15) is 0 Å². The van der Waals surface area contributed by atoms with Crippen LogP contribution in [0.5, 0.6) is 0 Å². The highest BCUT2D eigenvalue weighted by molar-refractivity contribution is 7.47. The molecule has 0 rings (SSSR count). The number of phosphoric ester groups is 2. The Labute approximate surface area is 713 Å². The van der Waals surface area contributed by atoms with Crippen LogP contribution in [0.4, 0.5) is 0 Å². The van der Waals surface area contributed by atoms with Gasteiger partial charge in [-0.3, -0.25) is 32.5 Å². The van der Waals surface area contributed by atoms with Crippen LogP contribution in [-0.4, -0.2) is 95.9 Å². The van der Waals surface area contributed by atoms with Gasteiger partial charge in [0.1, 0.15) is 25.4 Å². The summed E-state index contributed by atoms with van der Waals surface area (Å²) >= 11 is 0. The Morgan fingerprint density at radius 3 is 0.726 bits per heavy atom. The molecule has 5 atom stereocenters. The molecule has 0 aromatic rings. The van der Waals surface area contributed by atoms with Crippen LogP contribution in [0.25, 0.3) is 0 Å². The quantitative estimate of drug-likeness (QED) is 0.0146. The molecule has 668 valence electrons. The Bertz CT molecular complexity index is 2860. The van der Waals surface area contributed by atoms with Crippen molar-refractivity contribution in [2.24, 2.45) is 0 Å². The smallest absolute Gasteiger partial charge is 0.463 e. The molecule has 0 aliphatic heterocycles. The molecule has 117 heavy (non-hydrogen) atoms. The van der Waals surface area contributed by atoms with E-state index in [-0.39, 0.29) is 19.3 Å². The zero-order chi connectivity index (χ0) is 85.1. The van der Waals surface area contributed by atoms with Crippen LogP contribution in [0.15, 0.2) is 182 Å². The van der Waals surface area contributed by atoms with Crippen molar-refractivity contribution in [3.8, 4) is 0 Å². The van der Waals surface area contributed by atoms with Crippen LogP contribution in [0, 0.1) is 0 Å². The van der Waals surface area contributed by atoms with E-state index in [1.54, 1.807) is 0 Å². The zero-order valence-electron chi connectivity index (χ0n) is 73.6. The molecule has 0 aliphatic carbocycles. The molecule has 0 saturated heterocycles. The molecule has 0 radical (unpaired) electrons. The molecule has 4 N–H and O–H groups in total. The molecule has 0 aromatic heterocycles. The Kier molecular flexibility index (Phi) is 85.8. The summed E-state index contributed by atoms with van der Waals surface area (Å²) in [6, 6.07) is 0. The maximum atomic E-state index is 13.0. The molecule has 0 aromatic carbocycles. The number of carbonyl (C=O) groups is 3. The maximum absolute atomic E-state index is 13.0. The summed E-state index contributed by atoms with van der Waals surface area (Å²) in [5, 5.41) is 20.7. The normalized spacial score (nSPS) is 14.6. The van der Waals surface area contributed by atoms with Crippen molar-refractivity contribution >= 4 is 33.6 Å². The van der Waals surface area contributed by atoms with Gasteiger partial charge < -0.3 is 34.2 Å². The van der Waals surface area contributed by atoms with E-state index in [9.17, 15) is 43.5 Å². The third-order valence-corrected chi connectivity index (χ3v) is 21.0. The van der Waals surface area contributed by atoms with Gasteiger partial charge in [0.2, 0.25) is 0 Å². The third-order valence-electron chi connectivity index (χ3n) is 19.1. The van der Waals surface area contributed by atoms with Crippen LogP contribution in [0.3, 0.4) is 0 Å². The molecule has 0 aliphatic rings. The van der Waals surface area contributed by atoms with E-state index in [1.807, 2.05) is 0 Å². The van der Waals surface area contributed by atoms with Crippen molar-refractivity contribution in [3.05, 3.63) is 182 Å². The Hall–Kier alpha value is -5.35. The fourth-order valence-corrected chi connectivity index (χ4v) is 13.8. The van der Waals surface area contributed by atoms with Gasteiger partial charge in [0.25, 0.3) is 0 Å². The van der Waals surface area contributed by atoms with Gasteiger partial charge in [-0.05, 0) is 161 Å². The summed E-state index contributed by atoms with van der Waals surface area (Å²) in [5.74, 6) is -1.61. The summed E-state index contributed by atoms with van der Waals surface area (Å²) in [5.41, 5.74) is 0. The van der Waals surface area contributed by atoms with Crippen LogP contribution < -0.4 is 0 Å². The fourth-order valence-electron chi connectivity index (χ4n) is 12.2. The molecule has 18 heteroatoms. The highest BCUT2D eigenvalue weighted by Crippen LogP contribution is 2.45. The van der Waals surface area contributed by atoms with E-state index < -0.39 is 91.5 Å². The summed E-state index contributed by atoms with van der Waals surface area (Å²) in [6.45, 7) is 2.41. The zero-order valence-corrected chi connectivity index (χ0v) is 75.4. The predicted molar refractivity (Wildman–Crippen MR) is 491 cm³/mol. The highest BCUT2D eigenvalue weighted by Gasteiger charge is 2.29. The van der Waals surface area contributed by atoms with E-state index in [0.717, 1.165) is 161 Å². The van der Waals surface area contributed by atoms with E-state index in [0.29, 0.717) is 19.3 Å². The van der Waals surface area contributed by atoms with Crippen molar-refractivity contribution < 1.29 is 75.8 Å². The van der Waals surface area contributed by atoms with Gasteiger partial charge in [0.15, 0.2) is 6.10 Å².